The van der Waals surface area contributed by atoms with Crippen molar-refractivity contribution in [2.45, 2.75) is 39.4 Å². The summed E-state index contributed by atoms with van der Waals surface area (Å²) in [4.78, 5) is 0. The van der Waals surface area contributed by atoms with E-state index in [1.54, 1.807) is 0 Å². The molecular weight excluding hydrogens is 200 g/mol. The summed E-state index contributed by atoms with van der Waals surface area (Å²) in [6, 6.07) is 0. The van der Waals surface area contributed by atoms with Gasteiger partial charge in [-0.1, -0.05) is 0 Å². The van der Waals surface area contributed by atoms with Crippen LogP contribution in [0, 0.1) is 0 Å². The lowest BCUT2D eigenvalue weighted by Gasteiger charge is -2.14. The average molecular weight is 220 g/mol. The molecule has 0 saturated carbocycles. The molecule has 14 heavy (non-hydrogen) atoms. The van der Waals surface area contributed by atoms with Gasteiger partial charge in [0.15, 0.2) is 0 Å². The smallest absolute Gasteiger partial charge is 0.376 e. The summed E-state index contributed by atoms with van der Waals surface area (Å²) in [6.45, 7) is 7.99. The minimum atomic E-state index is -1.84. The highest BCUT2D eigenvalue weighted by atomic mass is 28.3. The van der Waals surface area contributed by atoms with E-state index in [1.807, 2.05) is 13.8 Å². The van der Waals surface area contributed by atoms with Crippen molar-refractivity contribution in [3.63, 3.8) is 0 Å². The molecule has 0 bridgehead atoms. The van der Waals surface area contributed by atoms with Crippen LogP contribution in [0.4, 0.5) is 0 Å². The fourth-order valence-electron chi connectivity index (χ4n) is 1.23. The van der Waals surface area contributed by atoms with Crippen LogP contribution in [0.1, 0.15) is 27.2 Å². The Morgan fingerprint density at radius 1 is 1.14 bits per heavy atom. The molecule has 5 heteroatoms. The molecule has 1 aliphatic heterocycles. The Morgan fingerprint density at radius 2 is 1.71 bits per heavy atom. The summed E-state index contributed by atoms with van der Waals surface area (Å²) < 4.78 is 21.5. The van der Waals surface area contributed by atoms with Crippen LogP contribution in [0.3, 0.4) is 0 Å². The van der Waals surface area contributed by atoms with E-state index >= 15 is 0 Å². The average Bonchev–Trinajstić information content (AvgIpc) is 2.83. The molecule has 1 saturated heterocycles. The SMILES string of the molecule is CCO[SiH](OCC)OCCC1OC1C. The van der Waals surface area contributed by atoms with E-state index in [-0.39, 0.29) is 0 Å². The Balaban J connectivity index is 2.00. The maximum atomic E-state index is 5.54. The van der Waals surface area contributed by atoms with Gasteiger partial charge in [0, 0.05) is 19.8 Å². The molecular formula is C9H20O4Si. The lowest BCUT2D eigenvalue weighted by atomic mass is 10.3. The van der Waals surface area contributed by atoms with Gasteiger partial charge in [0.2, 0.25) is 0 Å². The van der Waals surface area contributed by atoms with Gasteiger partial charge in [-0.25, -0.2) is 0 Å². The van der Waals surface area contributed by atoms with Gasteiger partial charge in [0.25, 0.3) is 0 Å². The summed E-state index contributed by atoms with van der Waals surface area (Å²) in [5, 5.41) is 0. The summed E-state index contributed by atoms with van der Waals surface area (Å²) >= 11 is 0. The quantitative estimate of drug-likeness (QED) is 0.451. The Hall–Kier alpha value is 0.0569. The van der Waals surface area contributed by atoms with Gasteiger partial charge in [-0.15, -0.1) is 0 Å². The van der Waals surface area contributed by atoms with E-state index in [0.717, 1.165) is 6.42 Å². The van der Waals surface area contributed by atoms with Gasteiger partial charge < -0.3 is 18.0 Å². The first-order valence-electron chi connectivity index (χ1n) is 5.28. The zero-order valence-electron chi connectivity index (χ0n) is 9.19. The molecule has 1 fully saturated rings. The third kappa shape index (κ3) is 4.52. The van der Waals surface area contributed by atoms with Crippen LogP contribution in [-0.4, -0.2) is 41.6 Å². The molecule has 1 aliphatic rings. The standard InChI is InChI=1S/C9H20O4Si/c1-4-10-14(11-5-2)12-7-6-9-8(3)13-9/h8-9,14H,4-7H2,1-3H3. The highest BCUT2D eigenvalue weighted by molar-refractivity contribution is 6.36. The van der Waals surface area contributed by atoms with Gasteiger partial charge in [0.05, 0.1) is 12.2 Å². The van der Waals surface area contributed by atoms with E-state index in [0.29, 0.717) is 32.0 Å². The first kappa shape index (κ1) is 12.1. The minimum Gasteiger partial charge on any atom is -0.376 e. The molecule has 0 radical (unpaired) electrons. The number of hydrogen-bond donors (Lipinski definition) is 0. The molecule has 0 amide bonds. The van der Waals surface area contributed by atoms with Crippen LogP contribution in [0.25, 0.3) is 0 Å². The minimum absolute atomic E-state index is 0.396. The Kier molecular flexibility index (Phi) is 5.65. The van der Waals surface area contributed by atoms with Crippen LogP contribution < -0.4 is 0 Å². The van der Waals surface area contributed by atoms with E-state index in [4.69, 9.17) is 18.0 Å². The van der Waals surface area contributed by atoms with E-state index in [1.165, 1.54) is 0 Å². The first-order chi connectivity index (χ1) is 6.77. The zero-order chi connectivity index (χ0) is 10.4. The van der Waals surface area contributed by atoms with Crippen molar-refractivity contribution in [3.05, 3.63) is 0 Å². The van der Waals surface area contributed by atoms with Gasteiger partial charge >= 0.3 is 9.53 Å². The van der Waals surface area contributed by atoms with Crippen LogP contribution in [-0.2, 0) is 18.0 Å². The third-order valence-corrected chi connectivity index (χ3v) is 3.82. The number of hydrogen-bond acceptors (Lipinski definition) is 4. The maximum Gasteiger partial charge on any atom is 0.484 e. The van der Waals surface area contributed by atoms with Crippen molar-refractivity contribution >= 4 is 9.53 Å². The van der Waals surface area contributed by atoms with Crippen LogP contribution in [0.5, 0.6) is 0 Å². The highest BCUT2D eigenvalue weighted by Crippen LogP contribution is 2.24. The van der Waals surface area contributed by atoms with Crippen LogP contribution in [0.15, 0.2) is 0 Å². The molecule has 0 aromatic carbocycles. The molecule has 0 spiro atoms. The fourth-order valence-corrected chi connectivity index (χ4v) is 2.39. The Bertz CT molecular complexity index is 150. The zero-order valence-corrected chi connectivity index (χ0v) is 10.3. The van der Waals surface area contributed by atoms with E-state index in [2.05, 4.69) is 6.92 Å². The summed E-state index contributed by atoms with van der Waals surface area (Å²) in [5.74, 6) is 0. The molecule has 0 aromatic heterocycles. The topological polar surface area (TPSA) is 40.2 Å². The first-order valence-corrected chi connectivity index (χ1v) is 6.69. The van der Waals surface area contributed by atoms with Crippen molar-refractivity contribution in [1.29, 1.82) is 0 Å². The molecule has 2 unspecified atom stereocenters. The lowest BCUT2D eigenvalue weighted by molar-refractivity contribution is 0.0989. The van der Waals surface area contributed by atoms with Crippen molar-refractivity contribution in [3.8, 4) is 0 Å². The number of rotatable bonds is 8. The van der Waals surface area contributed by atoms with Gasteiger partial charge in [-0.3, -0.25) is 0 Å². The second kappa shape index (κ2) is 6.52. The summed E-state index contributed by atoms with van der Waals surface area (Å²) in [7, 11) is -1.84. The summed E-state index contributed by atoms with van der Waals surface area (Å²) in [6.07, 6.45) is 1.76. The predicted octanol–water partition coefficient (Wildman–Crippen LogP) is 0.971. The molecule has 0 N–H and O–H groups in total. The second-order valence-electron chi connectivity index (χ2n) is 3.24. The normalized spacial score (nSPS) is 25.7. The Labute approximate surface area is 87.5 Å². The van der Waals surface area contributed by atoms with Crippen LogP contribution >= 0.6 is 0 Å². The molecule has 0 aromatic rings. The second-order valence-corrected chi connectivity index (χ2v) is 4.82. The Morgan fingerprint density at radius 3 is 2.14 bits per heavy atom. The largest absolute Gasteiger partial charge is 0.484 e. The maximum absolute atomic E-state index is 5.54. The highest BCUT2D eigenvalue weighted by Gasteiger charge is 2.33. The molecule has 0 aliphatic carbocycles. The van der Waals surface area contributed by atoms with E-state index in [9.17, 15) is 0 Å². The fraction of sp³-hybridized carbons (Fsp3) is 1.00. The van der Waals surface area contributed by atoms with Crippen molar-refractivity contribution < 1.29 is 18.0 Å². The number of ether oxygens (including phenoxy) is 1. The monoisotopic (exact) mass is 220 g/mol. The molecule has 2 atom stereocenters. The van der Waals surface area contributed by atoms with Gasteiger partial charge in [0.1, 0.15) is 0 Å². The van der Waals surface area contributed by atoms with Crippen molar-refractivity contribution in [2.75, 3.05) is 19.8 Å². The predicted molar refractivity (Wildman–Crippen MR) is 55.3 cm³/mol. The van der Waals surface area contributed by atoms with Crippen molar-refractivity contribution in [2.24, 2.45) is 0 Å². The van der Waals surface area contributed by atoms with Crippen LogP contribution in [0.2, 0.25) is 0 Å². The van der Waals surface area contributed by atoms with Gasteiger partial charge in [-0.05, 0) is 27.2 Å². The number of epoxide rings is 1. The summed E-state index contributed by atoms with van der Waals surface area (Å²) in [5.41, 5.74) is 0. The third-order valence-electron chi connectivity index (χ3n) is 2.10. The molecule has 84 valence electrons. The lowest BCUT2D eigenvalue weighted by Crippen LogP contribution is -2.28. The molecule has 1 heterocycles. The molecule has 1 rings (SSSR count). The molecule has 4 nitrogen and oxygen atoms in total. The van der Waals surface area contributed by atoms with E-state index < -0.39 is 9.53 Å². The van der Waals surface area contributed by atoms with Gasteiger partial charge in [-0.2, -0.15) is 0 Å². The van der Waals surface area contributed by atoms with Crippen molar-refractivity contribution in [1.82, 2.24) is 0 Å².